The molecule has 1 aromatic carbocycles. The number of hydrogen-bond donors (Lipinski definition) is 3. The van der Waals surface area contributed by atoms with Gasteiger partial charge in [-0.1, -0.05) is 43.2 Å². The highest BCUT2D eigenvalue weighted by atomic mass is 16.3. The maximum atomic E-state index is 12.2. The molecule has 1 aromatic rings. The smallest absolute Gasteiger partial charge is 0.315 e. The first kappa shape index (κ1) is 16.8. The summed E-state index contributed by atoms with van der Waals surface area (Å²) in [6, 6.07) is 10.1. The lowest BCUT2D eigenvalue weighted by molar-refractivity contribution is 0.161. The van der Waals surface area contributed by atoms with Crippen molar-refractivity contribution in [1.29, 1.82) is 0 Å². The molecule has 0 radical (unpaired) electrons. The molecule has 2 amide bonds. The molecule has 0 bridgehead atoms. The predicted molar refractivity (Wildman–Crippen MR) is 87.7 cm³/mol. The van der Waals surface area contributed by atoms with E-state index in [1.165, 1.54) is 5.56 Å². The Balaban J connectivity index is 1.91. The van der Waals surface area contributed by atoms with Crippen LogP contribution in [0.3, 0.4) is 0 Å². The van der Waals surface area contributed by atoms with Gasteiger partial charge < -0.3 is 20.6 Å². The Morgan fingerprint density at radius 1 is 1.27 bits per heavy atom. The van der Waals surface area contributed by atoms with Crippen molar-refractivity contribution in [3.8, 4) is 0 Å². The Labute approximate surface area is 132 Å². The van der Waals surface area contributed by atoms with Crippen LogP contribution in [0.5, 0.6) is 0 Å². The molecule has 122 valence electrons. The van der Waals surface area contributed by atoms with Crippen molar-refractivity contribution in [3.05, 3.63) is 35.9 Å². The van der Waals surface area contributed by atoms with Crippen LogP contribution >= 0.6 is 0 Å². The standard InChI is InChI=1S/C17H27N3O2/c1-20(2)15(14-8-4-3-5-9-14)12-18-16(22)19-17(13-21)10-6-7-11-17/h3-5,8-9,15,21H,6-7,10-13H2,1-2H3,(H2,18,19,22). The summed E-state index contributed by atoms with van der Waals surface area (Å²) < 4.78 is 0. The van der Waals surface area contributed by atoms with Gasteiger partial charge in [-0.05, 0) is 32.5 Å². The van der Waals surface area contributed by atoms with Crippen molar-refractivity contribution in [2.75, 3.05) is 27.2 Å². The van der Waals surface area contributed by atoms with Gasteiger partial charge in [0.2, 0.25) is 0 Å². The van der Waals surface area contributed by atoms with Crippen molar-refractivity contribution in [2.24, 2.45) is 0 Å². The minimum Gasteiger partial charge on any atom is -0.394 e. The number of likely N-dealkylation sites (N-methyl/N-ethyl adjacent to an activating group) is 1. The zero-order valence-electron chi connectivity index (χ0n) is 13.5. The van der Waals surface area contributed by atoms with Crippen molar-refractivity contribution in [2.45, 2.75) is 37.3 Å². The third kappa shape index (κ3) is 4.21. The van der Waals surface area contributed by atoms with Crippen LogP contribution in [-0.2, 0) is 0 Å². The molecule has 1 fully saturated rings. The van der Waals surface area contributed by atoms with E-state index in [4.69, 9.17) is 0 Å². The number of rotatable bonds is 6. The van der Waals surface area contributed by atoms with E-state index in [0.29, 0.717) is 6.54 Å². The molecule has 0 spiro atoms. The molecule has 0 heterocycles. The van der Waals surface area contributed by atoms with Crippen molar-refractivity contribution in [1.82, 2.24) is 15.5 Å². The van der Waals surface area contributed by atoms with Crippen LogP contribution in [0.25, 0.3) is 0 Å². The summed E-state index contributed by atoms with van der Waals surface area (Å²) in [7, 11) is 4.01. The molecule has 0 aliphatic heterocycles. The van der Waals surface area contributed by atoms with Crippen LogP contribution in [0.15, 0.2) is 30.3 Å². The fourth-order valence-electron chi connectivity index (χ4n) is 3.12. The van der Waals surface area contributed by atoms with E-state index in [9.17, 15) is 9.90 Å². The molecule has 22 heavy (non-hydrogen) atoms. The number of carbonyl (C=O) groups is 1. The lowest BCUT2D eigenvalue weighted by Gasteiger charge is -2.29. The first-order chi connectivity index (χ1) is 10.6. The highest BCUT2D eigenvalue weighted by Crippen LogP contribution is 2.29. The van der Waals surface area contributed by atoms with Gasteiger partial charge in [-0.3, -0.25) is 0 Å². The molecule has 1 saturated carbocycles. The van der Waals surface area contributed by atoms with Crippen LogP contribution < -0.4 is 10.6 Å². The topological polar surface area (TPSA) is 64.6 Å². The zero-order valence-corrected chi connectivity index (χ0v) is 13.5. The van der Waals surface area contributed by atoms with Gasteiger partial charge in [-0.25, -0.2) is 4.79 Å². The SMILES string of the molecule is CN(C)C(CNC(=O)NC1(CO)CCCC1)c1ccccc1. The molecule has 0 aromatic heterocycles. The number of nitrogens with one attached hydrogen (secondary N) is 2. The number of nitrogens with zero attached hydrogens (tertiary/aromatic N) is 1. The van der Waals surface area contributed by atoms with Crippen molar-refractivity contribution in [3.63, 3.8) is 0 Å². The quantitative estimate of drug-likeness (QED) is 0.752. The second-order valence-electron chi connectivity index (χ2n) is 6.37. The van der Waals surface area contributed by atoms with Gasteiger partial charge in [0.25, 0.3) is 0 Å². The minimum absolute atomic E-state index is 0.0101. The summed E-state index contributed by atoms with van der Waals surface area (Å²) in [6.07, 6.45) is 3.83. The third-order valence-corrected chi connectivity index (χ3v) is 4.51. The largest absolute Gasteiger partial charge is 0.394 e. The summed E-state index contributed by atoms with van der Waals surface area (Å²) >= 11 is 0. The molecule has 1 atom stereocenters. The van der Waals surface area contributed by atoms with E-state index in [1.54, 1.807) is 0 Å². The average Bonchev–Trinajstić information content (AvgIpc) is 2.97. The number of aliphatic hydroxyl groups excluding tert-OH is 1. The normalized spacial score (nSPS) is 18.2. The van der Waals surface area contributed by atoms with Crippen LogP contribution in [0, 0.1) is 0 Å². The van der Waals surface area contributed by atoms with Gasteiger partial charge in [0.05, 0.1) is 18.2 Å². The summed E-state index contributed by atoms with van der Waals surface area (Å²) in [6.45, 7) is 0.542. The maximum absolute atomic E-state index is 12.2. The fraction of sp³-hybridized carbons (Fsp3) is 0.588. The molecule has 5 nitrogen and oxygen atoms in total. The Kier molecular flexibility index (Phi) is 5.80. The summed E-state index contributed by atoms with van der Waals surface area (Å²) in [5.41, 5.74) is 0.746. The number of hydrogen-bond acceptors (Lipinski definition) is 3. The minimum atomic E-state index is -0.426. The van der Waals surface area contributed by atoms with Gasteiger partial charge >= 0.3 is 6.03 Å². The maximum Gasteiger partial charge on any atom is 0.315 e. The summed E-state index contributed by atoms with van der Waals surface area (Å²) in [5.74, 6) is 0. The highest BCUT2D eigenvalue weighted by molar-refractivity contribution is 5.75. The van der Waals surface area contributed by atoms with Crippen LogP contribution in [0.4, 0.5) is 4.79 Å². The van der Waals surface area contributed by atoms with E-state index < -0.39 is 5.54 Å². The Bertz CT molecular complexity index is 470. The monoisotopic (exact) mass is 305 g/mol. The molecular formula is C17H27N3O2. The number of urea groups is 1. The molecule has 1 aliphatic rings. The first-order valence-corrected chi connectivity index (χ1v) is 7.94. The summed E-state index contributed by atoms with van der Waals surface area (Å²) in [4.78, 5) is 14.3. The van der Waals surface area contributed by atoms with Gasteiger partial charge in [0.1, 0.15) is 0 Å². The van der Waals surface area contributed by atoms with Gasteiger partial charge in [-0.2, -0.15) is 0 Å². The van der Waals surface area contributed by atoms with Crippen LogP contribution in [0.2, 0.25) is 0 Å². The van der Waals surface area contributed by atoms with Crippen molar-refractivity contribution >= 4 is 6.03 Å². The zero-order chi connectivity index (χ0) is 16.0. The van der Waals surface area contributed by atoms with Crippen LogP contribution in [-0.4, -0.2) is 48.8 Å². The Morgan fingerprint density at radius 2 is 1.91 bits per heavy atom. The molecule has 3 N–H and O–H groups in total. The predicted octanol–water partition coefficient (Wildman–Crippen LogP) is 1.89. The number of benzene rings is 1. The average molecular weight is 305 g/mol. The molecular weight excluding hydrogens is 278 g/mol. The summed E-state index contributed by atoms with van der Waals surface area (Å²) in [5, 5.41) is 15.5. The second-order valence-corrected chi connectivity index (χ2v) is 6.37. The van der Waals surface area contributed by atoms with Gasteiger partial charge in [0.15, 0.2) is 0 Å². The number of amides is 2. The fourth-order valence-corrected chi connectivity index (χ4v) is 3.12. The van der Waals surface area contributed by atoms with E-state index in [1.807, 2.05) is 32.3 Å². The third-order valence-electron chi connectivity index (χ3n) is 4.51. The van der Waals surface area contributed by atoms with Crippen LogP contribution in [0.1, 0.15) is 37.3 Å². The van der Waals surface area contributed by atoms with Gasteiger partial charge in [-0.15, -0.1) is 0 Å². The lowest BCUT2D eigenvalue weighted by Crippen LogP contribution is -2.53. The Hall–Kier alpha value is -1.59. The number of carbonyl (C=O) groups excluding carboxylic acids is 1. The molecule has 5 heteroatoms. The highest BCUT2D eigenvalue weighted by Gasteiger charge is 2.34. The molecule has 0 saturated heterocycles. The number of aliphatic hydroxyl groups is 1. The van der Waals surface area contributed by atoms with Crippen molar-refractivity contribution < 1.29 is 9.90 Å². The van der Waals surface area contributed by atoms with Gasteiger partial charge in [0, 0.05) is 6.54 Å². The molecule has 1 aliphatic carbocycles. The second kappa shape index (κ2) is 7.61. The lowest BCUT2D eigenvalue weighted by atomic mass is 9.99. The Morgan fingerprint density at radius 3 is 2.45 bits per heavy atom. The van der Waals surface area contributed by atoms with E-state index in [2.05, 4.69) is 27.7 Å². The molecule has 2 rings (SSSR count). The molecule has 1 unspecified atom stereocenters. The van der Waals surface area contributed by atoms with E-state index >= 15 is 0 Å². The van der Waals surface area contributed by atoms with E-state index in [0.717, 1.165) is 25.7 Å². The first-order valence-electron chi connectivity index (χ1n) is 7.94. The van der Waals surface area contributed by atoms with E-state index in [-0.39, 0.29) is 18.7 Å².